The van der Waals surface area contributed by atoms with E-state index in [4.69, 9.17) is 9.26 Å². The number of hydrogen-bond acceptors (Lipinski definition) is 5. The van der Waals surface area contributed by atoms with Crippen LogP contribution in [0, 0.1) is 12.8 Å². The standard InChI is InChI=1S/C14H22N2O4/c1-8(2)11(13(18)19-14(4,5)6)15-12(17)10-7-9(3)16-20-10/h7-8,11H,1-6H3,(H,15,17)/t11-/m1/s1. The van der Waals surface area contributed by atoms with Gasteiger partial charge in [0.25, 0.3) is 5.91 Å². The lowest BCUT2D eigenvalue weighted by molar-refractivity contribution is -0.158. The van der Waals surface area contributed by atoms with Crippen LogP contribution in [0.3, 0.4) is 0 Å². The summed E-state index contributed by atoms with van der Waals surface area (Å²) in [5.41, 5.74) is 0.00568. The van der Waals surface area contributed by atoms with Gasteiger partial charge in [0.1, 0.15) is 11.6 Å². The van der Waals surface area contributed by atoms with Crippen LogP contribution >= 0.6 is 0 Å². The van der Waals surface area contributed by atoms with Crippen molar-refractivity contribution in [1.82, 2.24) is 10.5 Å². The van der Waals surface area contributed by atoms with Crippen LogP contribution in [0.2, 0.25) is 0 Å². The number of aryl methyl sites for hydroxylation is 1. The van der Waals surface area contributed by atoms with Gasteiger partial charge in [0, 0.05) is 6.07 Å². The average Bonchev–Trinajstić information content (AvgIpc) is 2.69. The zero-order valence-corrected chi connectivity index (χ0v) is 12.8. The molecule has 0 spiro atoms. The fourth-order valence-electron chi connectivity index (χ4n) is 1.55. The third-order valence-electron chi connectivity index (χ3n) is 2.47. The summed E-state index contributed by atoms with van der Waals surface area (Å²) >= 11 is 0. The van der Waals surface area contributed by atoms with E-state index in [1.807, 2.05) is 13.8 Å². The first-order valence-corrected chi connectivity index (χ1v) is 6.57. The Morgan fingerprint density at radius 3 is 2.35 bits per heavy atom. The zero-order valence-electron chi connectivity index (χ0n) is 12.8. The molecule has 1 amide bonds. The second-order valence-corrected chi connectivity index (χ2v) is 6.06. The van der Waals surface area contributed by atoms with Crippen molar-refractivity contribution in [3.05, 3.63) is 17.5 Å². The highest BCUT2D eigenvalue weighted by Crippen LogP contribution is 2.13. The Morgan fingerprint density at radius 1 is 1.35 bits per heavy atom. The van der Waals surface area contributed by atoms with Crippen LogP contribution < -0.4 is 5.32 Å². The molecule has 1 heterocycles. The largest absolute Gasteiger partial charge is 0.458 e. The molecule has 0 saturated carbocycles. The fourth-order valence-corrected chi connectivity index (χ4v) is 1.55. The molecule has 112 valence electrons. The molecule has 20 heavy (non-hydrogen) atoms. The normalized spacial score (nSPS) is 13.2. The number of carbonyl (C=O) groups excluding carboxylic acids is 2. The first-order chi connectivity index (χ1) is 9.10. The third-order valence-corrected chi connectivity index (χ3v) is 2.47. The van der Waals surface area contributed by atoms with Gasteiger partial charge in [-0.05, 0) is 33.6 Å². The lowest BCUT2D eigenvalue weighted by Gasteiger charge is -2.26. The summed E-state index contributed by atoms with van der Waals surface area (Å²) in [5.74, 6) is -0.957. The molecule has 0 radical (unpaired) electrons. The van der Waals surface area contributed by atoms with E-state index >= 15 is 0 Å². The van der Waals surface area contributed by atoms with Gasteiger partial charge in [-0.1, -0.05) is 19.0 Å². The minimum Gasteiger partial charge on any atom is -0.458 e. The highest BCUT2D eigenvalue weighted by molar-refractivity contribution is 5.94. The van der Waals surface area contributed by atoms with Gasteiger partial charge in [0.15, 0.2) is 0 Å². The van der Waals surface area contributed by atoms with Gasteiger partial charge in [-0.15, -0.1) is 0 Å². The number of nitrogens with one attached hydrogen (secondary N) is 1. The van der Waals surface area contributed by atoms with Crippen molar-refractivity contribution in [3.63, 3.8) is 0 Å². The maximum absolute atomic E-state index is 12.1. The monoisotopic (exact) mass is 282 g/mol. The van der Waals surface area contributed by atoms with E-state index in [9.17, 15) is 9.59 Å². The summed E-state index contributed by atoms with van der Waals surface area (Å²) < 4.78 is 10.2. The molecule has 1 N–H and O–H groups in total. The lowest BCUT2D eigenvalue weighted by Crippen LogP contribution is -2.47. The first kappa shape index (κ1) is 16.2. The Balaban J connectivity index is 2.77. The SMILES string of the molecule is Cc1cc(C(=O)N[C@@H](C(=O)OC(C)(C)C)C(C)C)on1. The van der Waals surface area contributed by atoms with E-state index in [1.165, 1.54) is 6.07 Å². The number of ether oxygens (including phenoxy) is 1. The van der Waals surface area contributed by atoms with Crippen LogP contribution in [0.15, 0.2) is 10.6 Å². The summed E-state index contributed by atoms with van der Waals surface area (Å²) in [6.45, 7) is 10.7. The van der Waals surface area contributed by atoms with Gasteiger partial charge in [-0.2, -0.15) is 0 Å². The van der Waals surface area contributed by atoms with Gasteiger partial charge in [-0.3, -0.25) is 4.79 Å². The van der Waals surface area contributed by atoms with E-state index in [-0.39, 0.29) is 11.7 Å². The maximum atomic E-state index is 12.1. The molecule has 0 bridgehead atoms. The van der Waals surface area contributed by atoms with Crippen molar-refractivity contribution in [3.8, 4) is 0 Å². The molecule has 0 aromatic carbocycles. The molecule has 1 aromatic heterocycles. The Bertz CT molecular complexity index is 486. The number of carbonyl (C=O) groups is 2. The number of amides is 1. The van der Waals surface area contributed by atoms with Crippen LogP contribution in [0.1, 0.15) is 50.9 Å². The molecule has 1 aromatic rings. The molecule has 0 aliphatic heterocycles. The van der Waals surface area contributed by atoms with E-state index in [1.54, 1.807) is 27.7 Å². The predicted molar refractivity (Wildman–Crippen MR) is 73.2 cm³/mol. The van der Waals surface area contributed by atoms with Gasteiger partial charge < -0.3 is 14.6 Å². The minimum atomic E-state index is -0.730. The molecule has 0 unspecified atom stereocenters. The molecule has 0 saturated heterocycles. The van der Waals surface area contributed by atoms with Crippen LogP contribution in [0.5, 0.6) is 0 Å². The number of nitrogens with zero attached hydrogens (tertiary/aromatic N) is 1. The molecule has 0 fully saturated rings. The average molecular weight is 282 g/mol. The summed E-state index contributed by atoms with van der Waals surface area (Å²) in [7, 11) is 0. The van der Waals surface area contributed by atoms with Gasteiger partial charge >= 0.3 is 5.97 Å². The number of esters is 1. The van der Waals surface area contributed by atoms with E-state index in [0.717, 1.165) is 0 Å². The molecule has 0 aliphatic carbocycles. The number of aromatic nitrogens is 1. The summed E-state index contributed by atoms with van der Waals surface area (Å²) in [6.07, 6.45) is 0. The smallest absolute Gasteiger partial charge is 0.329 e. The van der Waals surface area contributed by atoms with Crippen LogP contribution in [-0.4, -0.2) is 28.7 Å². The third kappa shape index (κ3) is 4.68. The highest BCUT2D eigenvalue weighted by atomic mass is 16.6. The van der Waals surface area contributed by atoms with Crippen molar-refractivity contribution in [2.45, 2.75) is 53.2 Å². The molecular formula is C14H22N2O4. The Labute approximate surface area is 118 Å². The van der Waals surface area contributed by atoms with Crippen LogP contribution in [0.25, 0.3) is 0 Å². The summed E-state index contributed by atoms with van der Waals surface area (Å²) in [6, 6.07) is 0.786. The fraction of sp³-hybridized carbons (Fsp3) is 0.643. The summed E-state index contributed by atoms with van der Waals surface area (Å²) in [5, 5.41) is 6.26. The van der Waals surface area contributed by atoms with Gasteiger partial charge in [0.2, 0.25) is 5.76 Å². The van der Waals surface area contributed by atoms with Crippen LogP contribution in [-0.2, 0) is 9.53 Å². The Kier molecular flexibility index (Phi) is 4.92. The molecular weight excluding hydrogens is 260 g/mol. The molecule has 1 rings (SSSR count). The van der Waals surface area contributed by atoms with Gasteiger partial charge in [-0.25, -0.2) is 4.79 Å². The Morgan fingerprint density at radius 2 is 1.95 bits per heavy atom. The molecule has 1 atom stereocenters. The van der Waals surface area contributed by atoms with Crippen molar-refractivity contribution >= 4 is 11.9 Å². The highest BCUT2D eigenvalue weighted by Gasteiger charge is 2.30. The van der Waals surface area contributed by atoms with Crippen molar-refractivity contribution in [2.75, 3.05) is 0 Å². The van der Waals surface area contributed by atoms with Gasteiger partial charge in [0.05, 0.1) is 5.69 Å². The molecule has 6 nitrogen and oxygen atoms in total. The summed E-state index contributed by atoms with van der Waals surface area (Å²) in [4.78, 5) is 24.1. The predicted octanol–water partition coefficient (Wildman–Crippen LogP) is 2.08. The van der Waals surface area contributed by atoms with E-state index < -0.39 is 23.5 Å². The van der Waals surface area contributed by atoms with E-state index in [2.05, 4.69) is 10.5 Å². The van der Waals surface area contributed by atoms with Crippen molar-refractivity contribution < 1.29 is 18.8 Å². The zero-order chi connectivity index (χ0) is 15.5. The van der Waals surface area contributed by atoms with Crippen LogP contribution in [0.4, 0.5) is 0 Å². The number of hydrogen-bond donors (Lipinski definition) is 1. The molecule has 6 heteroatoms. The lowest BCUT2D eigenvalue weighted by atomic mass is 10.0. The number of rotatable bonds is 4. The second-order valence-electron chi connectivity index (χ2n) is 6.06. The van der Waals surface area contributed by atoms with E-state index in [0.29, 0.717) is 5.69 Å². The maximum Gasteiger partial charge on any atom is 0.329 e. The quantitative estimate of drug-likeness (QED) is 0.855. The first-order valence-electron chi connectivity index (χ1n) is 6.57. The topological polar surface area (TPSA) is 81.4 Å². The minimum absolute atomic E-state index is 0.0803. The van der Waals surface area contributed by atoms with Crippen molar-refractivity contribution in [1.29, 1.82) is 0 Å². The Hall–Kier alpha value is -1.85. The second kappa shape index (κ2) is 6.07. The molecule has 0 aliphatic rings. The van der Waals surface area contributed by atoms with Crippen molar-refractivity contribution in [2.24, 2.45) is 5.92 Å².